The number of carbonyl (C=O) groups is 1. The molecule has 0 bridgehead atoms. The zero-order valence-corrected chi connectivity index (χ0v) is 9.81. The molecule has 1 aromatic rings. The van der Waals surface area contributed by atoms with Crippen LogP contribution in [-0.4, -0.2) is 28.3 Å². The average molecular weight is 240 g/mol. The number of aliphatic carboxylic acids is 1. The molecule has 80 valence electrons. The highest BCUT2D eigenvalue weighted by molar-refractivity contribution is 8.00. The van der Waals surface area contributed by atoms with E-state index in [4.69, 9.17) is 5.11 Å². The van der Waals surface area contributed by atoms with E-state index < -0.39 is 5.97 Å². The number of rotatable bonds is 4. The Balaban J connectivity index is 1.93. The Morgan fingerprint density at radius 2 is 2.33 bits per heavy atom. The van der Waals surface area contributed by atoms with Crippen molar-refractivity contribution in [2.75, 3.05) is 17.3 Å². The molecule has 2 nitrogen and oxygen atoms in total. The summed E-state index contributed by atoms with van der Waals surface area (Å²) < 4.78 is 0. The molecule has 1 unspecified atom stereocenters. The van der Waals surface area contributed by atoms with Crippen molar-refractivity contribution in [3.8, 4) is 0 Å². The Kier molecular flexibility index (Phi) is 3.59. The molecular formula is C11H12O2S2. The number of carboxylic acids is 1. The lowest BCUT2D eigenvalue weighted by Crippen LogP contribution is -2.04. The van der Waals surface area contributed by atoms with E-state index >= 15 is 0 Å². The zero-order chi connectivity index (χ0) is 10.7. The number of fused-ring (bicyclic) bond motifs is 1. The summed E-state index contributed by atoms with van der Waals surface area (Å²) >= 11 is 3.38. The number of hydrogen-bond donors (Lipinski definition) is 1. The molecular weight excluding hydrogens is 228 g/mol. The van der Waals surface area contributed by atoms with Gasteiger partial charge in [0.2, 0.25) is 0 Å². The van der Waals surface area contributed by atoms with Crippen LogP contribution in [0.15, 0.2) is 29.2 Å². The summed E-state index contributed by atoms with van der Waals surface area (Å²) in [6, 6.07) is 8.40. The van der Waals surface area contributed by atoms with Crippen LogP contribution in [0.3, 0.4) is 0 Å². The van der Waals surface area contributed by atoms with Gasteiger partial charge in [-0.25, -0.2) is 0 Å². The van der Waals surface area contributed by atoms with Crippen LogP contribution >= 0.6 is 23.5 Å². The third-order valence-corrected chi connectivity index (χ3v) is 4.68. The number of carboxylic acid groups (broad SMARTS) is 1. The summed E-state index contributed by atoms with van der Waals surface area (Å²) in [7, 11) is 0. The van der Waals surface area contributed by atoms with Crippen LogP contribution in [0.4, 0.5) is 0 Å². The Morgan fingerprint density at radius 3 is 3.13 bits per heavy atom. The van der Waals surface area contributed by atoms with Gasteiger partial charge in [0.25, 0.3) is 0 Å². The van der Waals surface area contributed by atoms with Gasteiger partial charge in [-0.1, -0.05) is 18.2 Å². The summed E-state index contributed by atoms with van der Waals surface area (Å²) in [4.78, 5) is 11.8. The lowest BCUT2D eigenvalue weighted by molar-refractivity contribution is -0.133. The molecule has 0 saturated carbocycles. The Bertz CT molecular complexity index is 365. The summed E-state index contributed by atoms with van der Waals surface area (Å²) in [5, 5.41) is 8.56. The molecule has 2 rings (SSSR count). The second-order valence-electron chi connectivity index (χ2n) is 3.45. The van der Waals surface area contributed by atoms with Crippen LogP contribution in [0, 0.1) is 0 Å². The van der Waals surface area contributed by atoms with Crippen molar-refractivity contribution in [1.82, 2.24) is 0 Å². The van der Waals surface area contributed by atoms with E-state index in [1.807, 2.05) is 11.8 Å². The fourth-order valence-corrected chi connectivity index (χ4v) is 3.93. The van der Waals surface area contributed by atoms with Gasteiger partial charge in [-0.2, -0.15) is 0 Å². The molecule has 0 saturated heterocycles. The predicted octanol–water partition coefficient (Wildman–Crippen LogP) is 2.69. The molecule has 1 heterocycles. The molecule has 4 heteroatoms. The van der Waals surface area contributed by atoms with E-state index in [2.05, 4.69) is 24.3 Å². The predicted molar refractivity (Wildman–Crippen MR) is 64.9 cm³/mol. The summed E-state index contributed by atoms with van der Waals surface area (Å²) in [5.74, 6) is 2.01. The maximum atomic E-state index is 10.4. The highest BCUT2D eigenvalue weighted by Crippen LogP contribution is 2.40. The molecule has 0 aromatic heterocycles. The average Bonchev–Trinajstić information content (AvgIpc) is 2.62. The standard InChI is InChI=1S/C11H12O2S2/c12-11(13)7-14-5-8-6-15-10-4-2-1-3-9(8)10/h1-4,8H,5-7H2,(H,12,13). The SMILES string of the molecule is O=C(O)CSCC1CSc2ccccc21. The molecule has 0 aliphatic carbocycles. The van der Waals surface area contributed by atoms with Crippen LogP contribution < -0.4 is 0 Å². The van der Waals surface area contributed by atoms with Crippen molar-refractivity contribution >= 4 is 29.5 Å². The minimum absolute atomic E-state index is 0.212. The van der Waals surface area contributed by atoms with Crippen molar-refractivity contribution in [2.24, 2.45) is 0 Å². The van der Waals surface area contributed by atoms with E-state index in [1.54, 1.807) is 0 Å². The maximum absolute atomic E-state index is 10.4. The van der Waals surface area contributed by atoms with Gasteiger partial charge in [0.15, 0.2) is 0 Å². The molecule has 1 aromatic carbocycles. The van der Waals surface area contributed by atoms with Gasteiger partial charge in [0.1, 0.15) is 0 Å². The second-order valence-corrected chi connectivity index (χ2v) is 5.55. The fraction of sp³-hybridized carbons (Fsp3) is 0.364. The third kappa shape index (κ3) is 2.69. The van der Waals surface area contributed by atoms with E-state index in [9.17, 15) is 4.79 Å². The smallest absolute Gasteiger partial charge is 0.313 e. The Hall–Kier alpha value is -0.610. The van der Waals surface area contributed by atoms with E-state index in [0.29, 0.717) is 5.92 Å². The van der Waals surface area contributed by atoms with Crippen molar-refractivity contribution in [1.29, 1.82) is 0 Å². The van der Waals surface area contributed by atoms with E-state index in [0.717, 1.165) is 11.5 Å². The van der Waals surface area contributed by atoms with Gasteiger partial charge in [0, 0.05) is 22.3 Å². The van der Waals surface area contributed by atoms with Crippen LogP contribution in [0.25, 0.3) is 0 Å². The van der Waals surface area contributed by atoms with Crippen molar-refractivity contribution < 1.29 is 9.90 Å². The van der Waals surface area contributed by atoms with E-state index in [1.165, 1.54) is 22.2 Å². The van der Waals surface area contributed by atoms with E-state index in [-0.39, 0.29) is 5.75 Å². The van der Waals surface area contributed by atoms with Crippen molar-refractivity contribution in [2.45, 2.75) is 10.8 Å². The van der Waals surface area contributed by atoms with Gasteiger partial charge in [-0.05, 0) is 11.6 Å². The number of hydrogen-bond acceptors (Lipinski definition) is 3. The quantitative estimate of drug-likeness (QED) is 0.878. The van der Waals surface area contributed by atoms with Gasteiger partial charge >= 0.3 is 5.97 Å². The van der Waals surface area contributed by atoms with Crippen molar-refractivity contribution in [3.63, 3.8) is 0 Å². The fourth-order valence-electron chi connectivity index (χ4n) is 1.66. The highest BCUT2D eigenvalue weighted by atomic mass is 32.2. The lowest BCUT2D eigenvalue weighted by atomic mass is 10.0. The molecule has 0 spiro atoms. The monoisotopic (exact) mass is 240 g/mol. The summed E-state index contributed by atoms with van der Waals surface area (Å²) in [6.07, 6.45) is 0. The van der Waals surface area contributed by atoms with Gasteiger partial charge < -0.3 is 5.11 Å². The molecule has 1 aliphatic rings. The Morgan fingerprint density at radius 1 is 1.53 bits per heavy atom. The van der Waals surface area contributed by atoms with Crippen LogP contribution in [-0.2, 0) is 4.79 Å². The molecule has 15 heavy (non-hydrogen) atoms. The molecule has 0 fully saturated rings. The second kappa shape index (κ2) is 4.94. The first kappa shape index (κ1) is 10.9. The van der Waals surface area contributed by atoms with Gasteiger partial charge in [-0.15, -0.1) is 23.5 Å². The Labute approximate surface area is 97.5 Å². The molecule has 1 atom stereocenters. The summed E-state index contributed by atoms with van der Waals surface area (Å²) in [6.45, 7) is 0. The van der Waals surface area contributed by atoms with Gasteiger partial charge in [-0.3, -0.25) is 4.79 Å². The largest absolute Gasteiger partial charge is 0.481 e. The number of thioether (sulfide) groups is 2. The van der Waals surface area contributed by atoms with Crippen molar-refractivity contribution in [3.05, 3.63) is 29.8 Å². The normalized spacial score (nSPS) is 18.8. The third-order valence-electron chi connectivity index (χ3n) is 2.34. The molecule has 1 aliphatic heterocycles. The zero-order valence-electron chi connectivity index (χ0n) is 8.18. The lowest BCUT2D eigenvalue weighted by Gasteiger charge is -2.08. The topological polar surface area (TPSA) is 37.3 Å². The first-order chi connectivity index (χ1) is 7.27. The van der Waals surface area contributed by atoms with Crippen LogP contribution in [0.1, 0.15) is 11.5 Å². The molecule has 0 radical (unpaired) electrons. The first-order valence-corrected chi connectivity index (χ1v) is 6.92. The molecule has 0 amide bonds. The van der Waals surface area contributed by atoms with Crippen LogP contribution in [0.5, 0.6) is 0 Å². The number of benzene rings is 1. The summed E-state index contributed by atoms with van der Waals surface area (Å²) in [5.41, 5.74) is 1.39. The van der Waals surface area contributed by atoms with Crippen LogP contribution in [0.2, 0.25) is 0 Å². The minimum Gasteiger partial charge on any atom is -0.481 e. The first-order valence-electron chi connectivity index (χ1n) is 4.78. The highest BCUT2D eigenvalue weighted by Gasteiger charge is 2.22. The molecule has 1 N–H and O–H groups in total. The van der Waals surface area contributed by atoms with Gasteiger partial charge in [0.05, 0.1) is 5.75 Å². The maximum Gasteiger partial charge on any atom is 0.313 e. The minimum atomic E-state index is -0.723.